The van der Waals surface area contributed by atoms with Crippen LogP contribution in [0.25, 0.3) is 0 Å². The van der Waals surface area contributed by atoms with Crippen molar-refractivity contribution in [2.45, 2.75) is 50.1 Å². The Morgan fingerprint density at radius 2 is 2.00 bits per heavy atom. The molecule has 0 radical (unpaired) electrons. The average Bonchev–Trinajstić information content (AvgIpc) is 3.36. The molecule has 2 aromatic rings. The molecular weight excluding hydrogens is 504 g/mol. The summed E-state index contributed by atoms with van der Waals surface area (Å²) in [6.45, 7) is 7.29. The van der Waals surface area contributed by atoms with Gasteiger partial charge in [-0.2, -0.15) is 4.31 Å². The summed E-state index contributed by atoms with van der Waals surface area (Å²) < 4.78 is 34.0. The molecule has 0 saturated heterocycles. The van der Waals surface area contributed by atoms with Crippen molar-refractivity contribution in [3.63, 3.8) is 0 Å². The number of aliphatic hydroxyl groups is 1. The highest BCUT2D eigenvalue weighted by molar-refractivity contribution is 7.91. The lowest BCUT2D eigenvalue weighted by Crippen LogP contribution is -2.50. The molecule has 3 N–H and O–H groups in total. The van der Waals surface area contributed by atoms with Crippen LogP contribution < -0.4 is 15.4 Å². The van der Waals surface area contributed by atoms with Crippen molar-refractivity contribution in [1.29, 1.82) is 0 Å². The van der Waals surface area contributed by atoms with Crippen molar-refractivity contribution < 1.29 is 27.9 Å². The van der Waals surface area contributed by atoms with Crippen molar-refractivity contribution in [2.75, 3.05) is 32.1 Å². The lowest BCUT2D eigenvalue weighted by molar-refractivity contribution is 0.0389. The molecule has 2 heterocycles. The molecule has 3 rings (SSSR count). The predicted molar refractivity (Wildman–Crippen MR) is 139 cm³/mol. The first-order valence-corrected chi connectivity index (χ1v) is 14.1. The molecule has 1 aromatic carbocycles. The number of carbonyl (C=O) groups is 2. The normalized spacial score (nSPS) is 19.3. The van der Waals surface area contributed by atoms with Crippen molar-refractivity contribution in [3.05, 3.63) is 41.3 Å². The second-order valence-electron chi connectivity index (χ2n) is 9.28. The number of sulfonamides is 1. The topological polar surface area (TPSA) is 128 Å². The molecule has 1 aromatic heterocycles. The van der Waals surface area contributed by atoms with Crippen molar-refractivity contribution in [3.8, 4) is 5.75 Å². The number of hydrogen-bond donors (Lipinski definition) is 3. The quantitative estimate of drug-likeness (QED) is 0.474. The number of thiophene rings is 1. The van der Waals surface area contributed by atoms with E-state index >= 15 is 0 Å². The Morgan fingerprint density at radius 1 is 1.28 bits per heavy atom. The van der Waals surface area contributed by atoms with Gasteiger partial charge in [-0.1, -0.05) is 19.1 Å². The molecule has 0 bridgehead atoms. The maximum atomic E-state index is 13.5. The van der Waals surface area contributed by atoms with Gasteiger partial charge in [-0.05, 0) is 44.4 Å². The van der Waals surface area contributed by atoms with Crippen LogP contribution in [0.1, 0.15) is 38.1 Å². The summed E-state index contributed by atoms with van der Waals surface area (Å²) in [6, 6.07) is 7.05. The van der Waals surface area contributed by atoms with E-state index in [0.717, 1.165) is 11.3 Å². The second kappa shape index (κ2) is 11.6. The fourth-order valence-electron chi connectivity index (χ4n) is 3.90. The van der Waals surface area contributed by atoms with Gasteiger partial charge in [0.25, 0.3) is 15.9 Å². The molecule has 3 amide bonds. The highest BCUT2D eigenvalue weighted by Crippen LogP contribution is 2.35. The molecular formula is C24H34N4O6S2. The van der Waals surface area contributed by atoms with Gasteiger partial charge >= 0.3 is 6.03 Å². The highest BCUT2D eigenvalue weighted by atomic mass is 32.2. The zero-order chi connectivity index (χ0) is 26.6. The Hall–Kier alpha value is -2.67. The molecule has 36 heavy (non-hydrogen) atoms. The van der Waals surface area contributed by atoms with E-state index in [1.807, 2.05) is 20.8 Å². The van der Waals surface area contributed by atoms with Crippen LogP contribution in [0.15, 0.2) is 39.9 Å². The molecule has 12 heteroatoms. The minimum Gasteiger partial charge on any atom is -0.486 e. The summed E-state index contributed by atoms with van der Waals surface area (Å²) in [4.78, 5) is 27.5. The van der Waals surface area contributed by atoms with E-state index in [-0.39, 0.29) is 53.1 Å². The maximum absolute atomic E-state index is 13.5. The van der Waals surface area contributed by atoms with Gasteiger partial charge in [0.1, 0.15) is 10.3 Å². The molecule has 0 saturated carbocycles. The number of rotatable bonds is 8. The SMILES string of the molecule is CC(C)NC(=O)Nc1cccc2c1O[C@H](CN(C)S(=O)(=O)c1cccs1)[C@H](C)CN([C@@H](C)CO)C2=O. The first-order chi connectivity index (χ1) is 16.9. The van der Waals surface area contributed by atoms with Crippen LogP contribution in [0.5, 0.6) is 5.75 Å². The summed E-state index contributed by atoms with van der Waals surface area (Å²) in [5.41, 5.74) is 0.511. The summed E-state index contributed by atoms with van der Waals surface area (Å²) >= 11 is 1.13. The second-order valence-corrected chi connectivity index (χ2v) is 12.5. The smallest absolute Gasteiger partial charge is 0.319 e. The molecule has 0 spiro atoms. The predicted octanol–water partition coefficient (Wildman–Crippen LogP) is 2.82. The molecule has 198 valence electrons. The molecule has 0 aliphatic carbocycles. The monoisotopic (exact) mass is 538 g/mol. The van der Waals surface area contributed by atoms with Crippen LogP contribution in [0.2, 0.25) is 0 Å². The van der Waals surface area contributed by atoms with E-state index in [9.17, 15) is 23.1 Å². The van der Waals surface area contributed by atoms with E-state index in [2.05, 4.69) is 10.6 Å². The summed E-state index contributed by atoms with van der Waals surface area (Å²) in [5, 5.41) is 17.0. The van der Waals surface area contributed by atoms with E-state index < -0.39 is 28.2 Å². The number of anilines is 1. The van der Waals surface area contributed by atoms with Crippen molar-refractivity contribution in [1.82, 2.24) is 14.5 Å². The number of hydrogen-bond acceptors (Lipinski definition) is 7. The number of urea groups is 1. The number of aliphatic hydroxyl groups excluding tert-OH is 1. The Balaban J connectivity index is 2.02. The third-order valence-electron chi connectivity index (χ3n) is 5.96. The van der Waals surface area contributed by atoms with Gasteiger partial charge in [-0.25, -0.2) is 13.2 Å². The van der Waals surface area contributed by atoms with Crippen molar-refractivity contribution in [2.24, 2.45) is 5.92 Å². The van der Waals surface area contributed by atoms with Crippen molar-refractivity contribution >= 4 is 39.0 Å². The van der Waals surface area contributed by atoms with Crippen LogP contribution in [0.4, 0.5) is 10.5 Å². The van der Waals surface area contributed by atoms with Gasteiger partial charge in [0.05, 0.1) is 30.4 Å². The fourth-order valence-corrected chi connectivity index (χ4v) is 6.28. The first-order valence-electron chi connectivity index (χ1n) is 11.7. The van der Waals surface area contributed by atoms with Crippen LogP contribution >= 0.6 is 11.3 Å². The van der Waals surface area contributed by atoms with Gasteiger partial charge in [-0.3, -0.25) is 4.79 Å². The zero-order valence-electron chi connectivity index (χ0n) is 21.1. The number of amides is 3. The minimum absolute atomic E-state index is 0.0168. The van der Waals surface area contributed by atoms with Gasteiger partial charge in [0.2, 0.25) is 0 Å². The number of likely N-dealkylation sites (N-methyl/N-ethyl adjacent to an activating group) is 1. The number of nitrogens with zero attached hydrogens (tertiary/aromatic N) is 2. The van der Waals surface area contributed by atoms with E-state index in [0.29, 0.717) is 5.69 Å². The third kappa shape index (κ3) is 6.17. The Morgan fingerprint density at radius 3 is 2.61 bits per heavy atom. The lowest BCUT2D eigenvalue weighted by Gasteiger charge is -2.38. The van der Waals surface area contributed by atoms with Gasteiger partial charge in [0.15, 0.2) is 5.75 Å². The summed E-state index contributed by atoms with van der Waals surface area (Å²) in [7, 11) is -2.24. The van der Waals surface area contributed by atoms with Crippen LogP contribution in [0, 0.1) is 5.92 Å². The Kier molecular flexibility index (Phi) is 8.98. The van der Waals surface area contributed by atoms with Crippen LogP contribution in [-0.4, -0.2) is 79.6 Å². The van der Waals surface area contributed by atoms with Crippen LogP contribution in [0.3, 0.4) is 0 Å². The molecule has 0 fully saturated rings. The molecule has 10 nitrogen and oxygen atoms in total. The molecule has 1 aliphatic heterocycles. The Bertz CT molecular complexity index is 1170. The number of ether oxygens (including phenoxy) is 1. The first kappa shape index (κ1) is 27.9. The largest absolute Gasteiger partial charge is 0.486 e. The zero-order valence-corrected chi connectivity index (χ0v) is 22.7. The number of nitrogens with one attached hydrogen (secondary N) is 2. The number of fused-ring (bicyclic) bond motifs is 1. The molecule has 0 unspecified atom stereocenters. The number of benzene rings is 1. The summed E-state index contributed by atoms with van der Waals surface area (Å²) in [6.07, 6.45) is -0.652. The Labute approximate surface area is 216 Å². The van der Waals surface area contributed by atoms with E-state index in [1.165, 1.54) is 11.4 Å². The van der Waals surface area contributed by atoms with Gasteiger partial charge < -0.3 is 25.4 Å². The maximum Gasteiger partial charge on any atom is 0.319 e. The third-order valence-corrected chi connectivity index (χ3v) is 9.15. The molecule has 1 aliphatic rings. The van der Waals surface area contributed by atoms with Gasteiger partial charge in [0, 0.05) is 25.6 Å². The molecule has 3 atom stereocenters. The average molecular weight is 539 g/mol. The highest BCUT2D eigenvalue weighted by Gasteiger charge is 2.36. The standard InChI is InChI=1S/C24H34N4O6S2/c1-15(2)25-24(31)26-19-9-6-8-18-22(19)34-20(16(3)12-28(23(18)30)17(4)14-29)13-27(5)36(32,33)21-10-7-11-35-21/h6-11,15-17,20,29H,12-14H2,1-5H3,(H2,25,26,31)/t16-,17+,20-/m1/s1. The van der Waals surface area contributed by atoms with E-state index in [1.54, 1.807) is 47.5 Å². The van der Waals surface area contributed by atoms with Crippen LogP contribution in [-0.2, 0) is 10.0 Å². The van der Waals surface area contributed by atoms with E-state index in [4.69, 9.17) is 4.74 Å². The summed E-state index contributed by atoms with van der Waals surface area (Å²) in [5.74, 6) is -0.478. The lowest BCUT2D eigenvalue weighted by atomic mass is 9.99. The number of para-hydroxylation sites is 1. The van der Waals surface area contributed by atoms with Gasteiger partial charge in [-0.15, -0.1) is 11.3 Å². The fraction of sp³-hybridized carbons (Fsp3) is 0.500. The minimum atomic E-state index is -3.73. The number of carbonyl (C=O) groups excluding carboxylic acids is 2.